The van der Waals surface area contributed by atoms with Gasteiger partial charge < -0.3 is 9.40 Å². The lowest BCUT2D eigenvalue weighted by atomic mass is 9.65. The lowest BCUT2D eigenvalue weighted by Crippen LogP contribution is -2.41. The van der Waals surface area contributed by atoms with Gasteiger partial charge in [0, 0.05) is 34.5 Å². The molecular formula is C30H38N2O3. The number of aryl methyl sites for hydroxylation is 3. The molecule has 0 aliphatic heterocycles. The number of aromatic nitrogens is 1. The highest BCUT2D eigenvalue weighted by atomic mass is 16.7. The minimum atomic E-state index is -0.781. The minimum Gasteiger partial charge on any atom is -0.318 e. The Hall–Kier alpha value is -2.69. The number of Topliss-reactive ketones (excluding diaryl/α,β-unsaturated/α-hetero) is 1. The van der Waals surface area contributed by atoms with Crippen LogP contribution in [-0.2, 0) is 20.8 Å². The van der Waals surface area contributed by atoms with E-state index in [4.69, 9.17) is 4.84 Å². The summed E-state index contributed by atoms with van der Waals surface area (Å²) in [6, 6.07) is 8.79. The van der Waals surface area contributed by atoms with Crippen molar-refractivity contribution in [2.24, 2.45) is 26.8 Å². The van der Waals surface area contributed by atoms with Crippen molar-refractivity contribution in [1.82, 2.24) is 4.57 Å². The number of fused-ring (bicyclic) bond motifs is 3. The van der Waals surface area contributed by atoms with E-state index in [-0.39, 0.29) is 23.6 Å². The van der Waals surface area contributed by atoms with Gasteiger partial charge in [-0.25, -0.2) is 4.79 Å². The molecule has 0 radical (unpaired) electrons. The maximum Gasteiger partial charge on any atom is 0.342 e. The lowest BCUT2D eigenvalue weighted by Gasteiger charge is -2.37. The number of nitrogens with zero attached hydrogens (tertiary/aromatic N) is 2. The number of hydrogen-bond donors (Lipinski definition) is 0. The van der Waals surface area contributed by atoms with Crippen LogP contribution in [0.5, 0.6) is 0 Å². The number of carbonyl (C=O) groups is 2. The molecule has 0 N–H and O–H groups in total. The SMILES string of the molecule is Cc1cc(C)cc(-n2c(C)cc3c2CC(C)(C)C/C3=N\OC(=O)C23CCC(C)(C(=O)C2)C3(C)C)c1. The summed E-state index contributed by atoms with van der Waals surface area (Å²) in [4.78, 5) is 32.1. The molecule has 186 valence electrons. The van der Waals surface area contributed by atoms with Gasteiger partial charge in [0.05, 0.1) is 11.1 Å². The first-order chi connectivity index (χ1) is 16.2. The molecule has 2 unspecified atom stereocenters. The molecule has 0 saturated heterocycles. The molecule has 2 bridgehead atoms. The third-order valence-electron chi connectivity index (χ3n) is 9.69. The Labute approximate surface area is 208 Å². The van der Waals surface area contributed by atoms with Crippen LogP contribution in [0.3, 0.4) is 0 Å². The Morgan fingerprint density at radius 2 is 1.57 bits per heavy atom. The van der Waals surface area contributed by atoms with Crippen LogP contribution < -0.4 is 0 Å². The van der Waals surface area contributed by atoms with E-state index in [0.717, 1.165) is 41.9 Å². The third kappa shape index (κ3) is 3.30. The second-order valence-corrected chi connectivity index (χ2v) is 12.9. The molecule has 2 aromatic rings. The molecule has 5 nitrogen and oxygen atoms in total. The Balaban J connectivity index is 1.53. The average Bonchev–Trinajstić information content (AvgIpc) is 3.22. The van der Waals surface area contributed by atoms with E-state index in [1.165, 1.54) is 16.8 Å². The van der Waals surface area contributed by atoms with Crippen LogP contribution in [0.25, 0.3) is 5.69 Å². The summed E-state index contributed by atoms with van der Waals surface area (Å²) in [6.45, 7) is 17.0. The van der Waals surface area contributed by atoms with Crippen molar-refractivity contribution in [2.75, 3.05) is 0 Å². The van der Waals surface area contributed by atoms with E-state index in [0.29, 0.717) is 6.42 Å². The van der Waals surface area contributed by atoms with Gasteiger partial charge in [-0.2, -0.15) is 0 Å². The molecule has 5 heteroatoms. The summed E-state index contributed by atoms with van der Waals surface area (Å²) in [7, 11) is 0. The zero-order valence-corrected chi connectivity index (χ0v) is 22.5. The van der Waals surface area contributed by atoms with Gasteiger partial charge in [-0.15, -0.1) is 0 Å². The van der Waals surface area contributed by atoms with E-state index in [1.807, 2.05) is 6.92 Å². The predicted octanol–water partition coefficient (Wildman–Crippen LogP) is 6.41. The summed E-state index contributed by atoms with van der Waals surface area (Å²) in [5.74, 6) is -0.166. The number of carbonyl (C=O) groups excluding carboxylic acids is 2. The Kier molecular flexibility index (Phi) is 5.09. The highest BCUT2D eigenvalue weighted by Gasteiger charge is 2.73. The number of benzene rings is 1. The summed E-state index contributed by atoms with van der Waals surface area (Å²) in [5, 5.41) is 4.52. The summed E-state index contributed by atoms with van der Waals surface area (Å²) < 4.78 is 2.33. The zero-order valence-electron chi connectivity index (χ0n) is 22.5. The van der Waals surface area contributed by atoms with E-state index in [2.05, 4.69) is 82.5 Å². The van der Waals surface area contributed by atoms with Gasteiger partial charge in [0.25, 0.3) is 0 Å². The number of rotatable bonds is 3. The molecule has 2 atom stereocenters. The van der Waals surface area contributed by atoms with Crippen LogP contribution in [0, 0.1) is 42.4 Å². The first-order valence-corrected chi connectivity index (χ1v) is 12.8. The van der Waals surface area contributed by atoms with Crippen LogP contribution in [-0.4, -0.2) is 22.0 Å². The summed E-state index contributed by atoms with van der Waals surface area (Å²) in [5.41, 5.74) is 6.15. The topological polar surface area (TPSA) is 60.7 Å². The maximum absolute atomic E-state index is 13.5. The Morgan fingerprint density at radius 3 is 2.14 bits per heavy atom. The van der Waals surface area contributed by atoms with Crippen molar-refractivity contribution in [1.29, 1.82) is 0 Å². The predicted molar refractivity (Wildman–Crippen MR) is 138 cm³/mol. The number of hydrogen-bond acceptors (Lipinski definition) is 4. The van der Waals surface area contributed by atoms with Crippen LogP contribution >= 0.6 is 0 Å². The van der Waals surface area contributed by atoms with Crippen LogP contribution in [0.1, 0.15) is 88.4 Å². The quantitative estimate of drug-likeness (QED) is 0.382. The summed E-state index contributed by atoms with van der Waals surface area (Å²) >= 11 is 0. The first-order valence-electron chi connectivity index (χ1n) is 12.8. The van der Waals surface area contributed by atoms with E-state index < -0.39 is 16.2 Å². The smallest absolute Gasteiger partial charge is 0.318 e. The molecule has 0 spiro atoms. The highest BCUT2D eigenvalue weighted by Crippen LogP contribution is 2.70. The average molecular weight is 475 g/mol. The third-order valence-corrected chi connectivity index (χ3v) is 9.69. The fourth-order valence-corrected chi connectivity index (χ4v) is 7.20. The monoisotopic (exact) mass is 474 g/mol. The fraction of sp³-hybridized carbons (Fsp3) is 0.567. The summed E-state index contributed by atoms with van der Waals surface area (Å²) in [6.07, 6.45) is 3.33. The molecule has 2 fully saturated rings. The van der Waals surface area contributed by atoms with E-state index >= 15 is 0 Å². The zero-order chi connectivity index (χ0) is 25.6. The lowest BCUT2D eigenvalue weighted by molar-refractivity contribution is -0.161. The number of ketones is 1. The molecule has 1 aromatic carbocycles. The number of oxime groups is 1. The largest absolute Gasteiger partial charge is 0.342 e. The van der Waals surface area contributed by atoms with Crippen molar-refractivity contribution < 1.29 is 14.4 Å². The molecule has 0 amide bonds. The van der Waals surface area contributed by atoms with E-state index in [1.54, 1.807) is 0 Å². The molecule has 35 heavy (non-hydrogen) atoms. The molecule has 3 aliphatic carbocycles. The van der Waals surface area contributed by atoms with Crippen molar-refractivity contribution >= 4 is 17.5 Å². The molecule has 1 heterocycles. The first kappa shape index (κ1) is 24.0. The van der Waals surface area contributed by atoms with Gasteiger partial charge >= 0.3 is 5.97 Å². The van der Waals surface area contributed by atoms with Crippen molar-refractivity contribution in [2.45, 2.75) is 87.5 Å². The van der Waals surface area contributed by atoms with Gasteiger partial charge in [-0.05, 0) is 86.6 Å². The van der Waals surface area contributed by atoms with Gasteiger partial charge in [0.15, 0.2) is 0 Å². The molecule has 1 aromatic heterocycles. The van der Waals surface area contributed by atoms with Crippen molar-refractivity contribution in [3.63, 3.8) is 0 Å². The highest BCUT2D eigenvalue weighted by molar-refractivity contribution is 6.04. The normalized spacial score (nSPS) is 29.5. The van der Waals surface area contributed by atoms with Gasteiger partial charge in [-0.3, -0.25) is 4.79 Å². The Bertz CT molecular complexity index is 1270. The standard InChI is InChI=1S/C30H38N2O3/c1-18-11-19(2)13-21(12-18)32-20(3)14-22-23(15-27(4,5)16-24(22)32)31-35-26(34)30-10-9-29(8,25(33)17-30)28(30,6)7/h11-14H,9-10,15-17H2,1-8H3/b31-23+. The molecule has 5 rings (SSSR count). The van der Waals surface area contributed by atoms with Gasteiger partial charge in [0.2, 0.25) is 0 Å². The van der Waals surface area contributed by atoms with Crippen LogP contribution in [0.2, 0.25) is 0 Å². The maximum atomic E-state index is 13.5. The van der Waals surface area contributed by atoms with Crippen molar-refractivity contribution in [3.05, 3.63) is 52.3 Å². The second-order valence-electron chi connectivity index (χ2n) is 12.9. The van der Waals surface area contributed by atoms with Gasteiger partial charge in [0.1, 0.15) is 5.78 Å². The minimum absolute atomic E-state index is 0.0214. The second kappa shape index (κ2) is 7.41. The van der Waals surface area contributed by atoms with Crippen LogP contribution in [0.15, 0.2) is 29.4 Å². The van der Waals surface area contributed by atoms with Gasteiger partial charge in [-0.1, -0.05) is 45.8 Å². The fourth-order valence-electron chi connectivity index (χ4n) is 7.20. The molecular weight excluding hydrogens is 436 g/mol. The Morgan fingerprint density at radius 1 is 0.914 bits per heavy atom. The van der Waals surface area contributed by atoms with Crippen LogP contribution in [0.4, 0.5) is 0 Å². The van der Waals surface area contributed by atoms with Crippen molar-refractivity contribution in [3.8, 4) is 5.69 Å². The van der Waals surface area contributed by atoms with E-state index in [9.17, 15) is 9.59 Å². The molecule has 2 saturated carbocycles. The molecule has 3 aliphatic rings.